The van der Waals surface area contributed by atoms with Crippen LogP contribution in [-0.4, -0.2) is 42.8 Å². The van der Waals surface area contributed by atoms with Crippen LogP contribution < -0.4 is 10.1 Å². The van der Waals surface area contributed by atoms with Gasteiger partial charge < -0.3 is 10.1 Å². The topological polar surface area (TPSA) is 41.6 Å². The zero-order chi connectivity index (χ0) is 19.4. The van der Waals surface area contributed by atoms with Gasteiger partial charge in [0, 0.05) is 29.1 Å². The molecule has 0 unspecified atom stereocenters. The van der Waals surface area contributed by atoms with Gasteiger partial charge in [-0.1, -0.05) is 36.8 Å². The molecule has 0 aliphatic carbocycles. The number of amides is 1. The molecule has 3 rings (SSSR count). The van der Waals surface area contributed by atoms with E-state index in [0.717, 1.165) is 24.5 Å². The van der Waals surface area contributed by atoms with Gasteiger partial charge in [-0.3, -0.25) is 9.69 Å². The van der Waals surface area contributed by atoms with Crippen LogP contribution >= 0.6 is 23.1 Å². The number of thioether (sulfide) groups is 1. The molecule has 28 heavy (non-hydrogen) atoms. The summed E-state index contributed by atoms with van der Waals surface area (Å²) in [6.07, 6.45) is 4.85. The SMILES string of the molecule is O=C(CSCc1ccccc1)NCCCOc1csc(CN2CCCCC2)c1. The third kappa shape index (κ3) is 7.86. The van der Waals surface area contributed by atoms with Gasteiger partial charge in [-0.2, -0.15) is 0 Å². The number of likely N-dealkylation sites (tertiary alicyclic amines) is 1. The molecule has 1 aromatic carbocycles. The number of benzene rings is 1. The fourth-order valence-corrected chi connectivity index (χ4v) is 4.90. The van der Waals surface area contributed by atoms with Gasteiger partial charge in [-0.05, 0) is 44.0 Å². The monoisotopic (exact) mass is 418 g/mol. The lowest BCUT2D eigenvalue weighted by atomic mass is 10.1. The van der Waals surface area contributed by atoms with E-state index < -0.39 is 0 Å². The number of carbonyl (C=O) groups is 1. The maximum Gasteiger partial charge on any atom is 0.230 e. The first-order valence-electron chi connectivity index (χ1n) is 10.1. The molecular weight excluding hydrogens is 388 g/mol. The molecule has 0 bridgehead atoms. The Kier molecular flexibility index (Phi) is 9.20. The van der Waals surface area contributed by atoms with Crippen molar-refractivity contribution in [2.75, 3.05) is 32.0 Å². The van der Waals surface area contributed by atoms with Gasteiger partial charge in [0.1, 0.15) is 5.75 Å². The lowest BCUT2D eigenvalue weighted by Crippen LogP contribution is -2.28. The lowest BCUT2D eigenvalue weighted by Gasteiger charge is -2.25. The van der Waals surface area contributed by atoms with Gasteiger partial charge in [-0.15, -0.1) is 23.1 Å². The highest BCUT2D eigenvalue weighted by Gasteiger charge is 2.11. The summed E-state index contributed by atoms with van der Waals surface area (Å²) in [5.41, 5.74) is 1.25. The molecule has 1 saturated heterocycles. The van der Waals surface area contributed by atoms with Crippen molar-refractivity contribution in [3.8, 4) is 5.75 Å². The largest absolute Gasteiger partial charge is 0.493 e. The standard InChI is InChI=1S/C22H30N2O2S2/c25-22(18-27-16-19-8-3-1-4-9-19)23-10-7-13-26-20-14-21(28-17-20)15-24-11-5-2-6-12-24/h1,3-4,8-9,14,17H,2,5-7,10-13,15-16,18H2,(H,23,25). The molecule has 1 amide bonds. The highest BCUT2D eigenvalue weighted by molar-refractivity contribution is 7.99. The quantitative estimate of drug-likeness (QED) is 0.544. The number of nitrogens with zero attached hydrogens (tertiary/aromatic N) is 1. The number of hydrogen-bond donors (Lipinski definition) is 1. The van der Waals surface area contributed by atoms with E-state index in [0.29, 0.717) is 18.9 Å². The summed E-state index contributed by atoms with van der Waals surface area (Å²) >= 11 is 3.43. The Morgan fingerprint density at radius 2 is 2.00 bits per heavy atom. The number of hydrogen-bond acceptors (Lipinski definition) is 5. The summed E-state index contributed by atoms with van der Waals surface area (Å²) < 4.78 is 5.83. The van der Waals surface area contributed by atoms with Crippen LogP contribution in [0.2, 0.25) is 0 Å². The van der Waals surface area contributed by atoms with Crippen molar-refractivity contribution >= 4 is 29.0 Å². The Balaban J connectivity index is 1.22. The average Bonchev–Trinajstić information content (AvgIpc) is 3.16. The molecule has 152 valence electrons. The van der Waals surface area contributed by atoms with Crippen molar-refractivity contribution in [3.63, 3.8) is 0 Å². The molecule has 6 heteroatoms. The van der Waals surface area contributed by atoms with Gasteiger partial charge in [0.25, 0.3) is 0 Å². The fourth-order valence-electron chi connectivity index (χ4n) is 3.23. The first-order valence-corrected chi connectivity index (χ1v) is 12.1. The maximum atomic E-state index is 11.9. The van der Waals surface area contributed by atoms with Crippen LogP contribution in [0.25, 0.3) is 0 Å². The Hall–Kier alpha value is -1.50. The summed E-state index contributed by atoms with van der Waals surface area (Å²) in [5, 5.41) is 5.07. The molecule has 1 aliphatic heterocycles. The van der Waals surface area contributed by atoms with Gasteiger partial charge in [0.05, 0.1) is 12.4 Å². The first-order chi connectivity index (χ1) is 13.8. The fraction of sp³-hybridized carbons (Fsp3) is 0.500. The summed E-state index contributed by atoms with van der Waals surface area (Å²) in [4.78, 5) is 15.8. The van der Waals surface area contributed by atoms with E-state index in [-0.39, 0.29) is 5.91 Å². The Morgan fingerprint density at radius 1 is 1.18 bits per heavy atom. The number of thiophene rings is 1. The normalized spacial score (nSPS) is 14.7. The van der Waals surface area contributed by atoms with Crippen molar-refractivity contribution in [2.24, 2.45) is 0 Å². The molecule has 2 heterocycles. The van der Waals surface area contributed by atoms with Crippen molar-refractivity contribution < 1.29 is 9.53 Å². The van der Waals surface area contributed by atoms with Crippen LogP contribution in [0, 0.1) is 0 Å². The van der Waals surface area contributed by atoms with E-state index in [1.54, 1.807) is 23.1 Å². The molecule has 1 aromatic heterocycles. The summed E-state index contributed by atoms with van der Waals surface area (Å²) in [7, 11) is 0. The van der Waals surface area contributed by atoms with Crippen LogP contribution in [-0.2, 0) is 17.1 Å². The first kappa shape index (κ1) is 21.2. The van der Waals surface area contributed by atoms with Gasteiger partial charge in [0.2, 0.25) is 5.91 Å². The number of carbonyl (C=O) groups excluding carboxylic acids is 1. The van der Waals surface area contributed by atoms with Crippen molar-refractivity contribution in [1.29, 1.82) is 0 Å². The highest BCUT2D eigenvalue weighted by Crippen LogP contribution is 2.24. The predicted molar refractivity (Wildman–Crippen MR) is 119 cm³/mol. The Morgan fingerprint density at radius 3 is 2.82 bits per heavy atom. The van der Waals surface area contributed by atoms with Gasteiger partial charge >= 0.3 is 0 Å². The highest BCUT2D eigenvalue weighted by atomic mass is 32.2. The van der Waals surface area contributed by atoms with E-state index in [2.05, 4.69) is 33.8 Å². The number of ether oxygens (including phenoxy) is 1. The van der Waals surface area contributed by atoms with Crippen LogP contribution in [0.5, 0.6) is 5.75 Å². The molecule has 0 saturated carbocycles. The maximum absolute atomic E-state index is 11.9. The summed E-state index contributed by atoms with van der Waals surface area (Å²) in [6.45, 7) is 4.78. The number of nitrogens with one attached hydrogen (secondary N) is 1. The zero-order valence-corrected chi connectivity index (χ0v) is 18.0. The van der Waals surface area contributed by atoms with Crippen molar-refractivity contribution in [1.82, 2.24) is 10.2 Å². The smallest absolute Gasteiger partial charge is 0.230 e. The van der Waals surface area contributed by atoms with Crippen LogP contribution in [0.3, 0.4) is 0 Å². The average molecular weight is 419 g/mol. The number of rotatable bonds is 11. The number of piperidine rings is 1. The van der Waals surface area contributed by atoms with Crippen LogP contribution in [0.1, 0.15) is 36.1 Å². The van der Waals surface area contributed by atoms with E-state index in [1.165, 1.54) is 42.8 Å². The molecule has 0 spiro atoms. The second kappa shape index (κ2) is 12.1. The Bertz CT molecular complexity index is 700. The zero-order valence-electron chi connectivity index (χ0n) is 16.4. The van der Waals surface area contributed by atoms with E-state index in [1.807, 2.05) is 18.2 Å². The minimum atomic E-state index is 0.0975. The second-order valence-corrected chi connectivity index (χ2v) is 9.10. The van der Waals surface area contributed by atoms with Gasteiger partial charge in [-0.25, -0.2) is 0 Å². The molecule has 0 radical (unpaired) electrons. The molecule has 1 N–H and O–H groups in total. The molecule has 2 aromatic rings. The van der Waals surface area contributed by atoms with E-state index in [4.69, 9.17) is 4.74 Å². The molecule has 1 fully saturated rings. The van der Waals surface area contributed by atoms with Gasteiger partial charge in [0.15, 0.2) is 0 Å². The molecular formula is C22H30N2O2S2. The minimum Gasteiger partial charge on any atom is -0.493 e. The lowest BCUT2D eigenvalue weighted by molar-refractivity contribution is -0.118. The molecule has 0 atom stereocenters. The van der Waals surface area contributed by atoms with Crippen molar-refractivity contribution in [3.05, 3.63) is 52.2 Å². The molecule has 4 nitrogen and oxygen atoms in total. The van der Waals surface area contributed by atoms with Crippen molar-refractivity contribution in [2.45, 2.75) is 38.0 Å². The van der Waals surface area contributed by atoms with E-state index in [9.17, 15) is 4.79 Å². The predicted octanol–water partition coefficient (Wildman–Crippen LogP) is 4.55. The van der Waals surface area contributed by atoms with Crippen LogP contribution in [0.4, 0.5) is 0 Å². The van der Waals surface area contributed by atoms with E-state index >= 15 is 0 Å². The third-order valence-electron chi connectivity index (χ3n) is 4.71. The third-order valence-corrected chi connectivity index (χ3v) is 6.62. The summed E-state index contributed by atoms with van der Waals surface area (Å²) in [5.74, 6) is 2.43. The second-order valence-electron chi connectivity index (χ2n) is 7.12. The minimum absolute atomic E-state index is 0.0975. The summed E-state index contributed by atoms with van der Waals surface area (Å²) in [6, 6.07) is 12.4. The van der Waals surface area contributed by atoms with Crippen LogP contribution in [0.15, 0.2) is 41.8 Å². The molecule has 1 aliphatic rings. The Labute approximate surface area is 176 Å².